The van der Waals surface area contributed by atoms with Crippen molar-refractivity contribution in [3.8, 4) is 0 Å². The summed E-state index contributed by atoms with van der Waals surface area (Å²) in [6, 6.07) is 7.26. The molecule has 1 amide bonds. The highest BCUT2D eigenvalue weighted by Crippen LogP contribution is 2.22. The Balaban J connectivity index is 2.13. The molecule has 108 valence electrons. The van der Waals surface area contributed by atoms with Crippen molar-refractivity contribution < 1.29 is 14.7 Å². The van der Waals surface area contributed by atoms with Crippen LogP contribution in [0.4, 0.5) is 0 Å². The maximum absolute atomic E-state index is 12.5. The fraction of sp³-hybridized carbons (Fsp3) is 0.429. The number of thioether (sulfide) groups is 2. The van der Waals surface area contributed by atoms with Crippen LogP contribution in [0, 0.1) is 0 Å². The van der Waals surface area contributed by atoms with E-state index in [1.165, 1.54) is 0 Å². The summed E-state index contributed by atoms with van der Waals surface area (Å²) in [7, 11) is 0. The number of carbonyl (C=O) groups is 2. The number of amides is 1. The van der Waals surface area contributed by atoms with E-state index < -0.39 is 5.97 Å². The van der Waals surface area contributed by atoms with Gasteiger partial charge in [-0.1, -0.05) is 0 Å². The minimum Gasteiger partial charge on any atom is -0.481 e. The van der Waals surface area contributed by atoms with Crippen molar-refractivity contribution in [3.63, 3.8) is 0 Å². The zero-order valence-corrected chi connectivity index (χ0v) is 12.9. The van der Waals surface area contributed by atoms with E-state index in [1.807, 2.05) is 30.5 Å². The minimum atomic E-state index is -0.854. The number of carboxylic acids is 1. The lowest BCUT2D eigenvalue weighted by Crippen LogP contribution is -2.47. The molecule has 2 rings (SSSR count). The highest BCUT2D eigenvalue weighted by atomic mass is 32.2. The quantitative estimate of drug-likeness (QED) is 0.866. The average Bonchev–Trinajstić information content (AvgIpc) is 2.46. The van der Waals surface area contributed by atoms with Crippen LogP contribution in [0.5, 0.6) is 0 Å². The number of nitrogens with zero attached hydrogens (tertiary/aromatic N) is 1. The lowest BCUT2D eigenvalue weighted by molar-refractivity contribution is -0.138. The Morgan fingerprint density at radius 3 is 2.70 bits per heavy atom. The van der Waals surface area contributed by atoms with Crippen LogP contribution in [0.15, 0.2) is 29.2 Å². The number of benzene rings is 1. The van der Waals surface area contributed by atoms with Crippen molar-refractivity contribution in [2.75, 3.05) is 24.3 Å². The summed E-state index contributed by atoms with van der Waals surface area (Å²) in [6.45, 7) is 0.617. The first-order valence-electron chi connectivity index (χ1n) is 6.36. The van der Waals surface area contributed by atoms with Gasteiger partial charge in [-0.25, -0.2) is 0 Å². The van der Waals surface area contributed by atoms with Crippen molar-refractivity contribution in [2.24, 2.45) is 0 Å². The summed E-state index contributed by atoms with van der Waals surface area (Å²) in [5.41, 5.74) is 0.630. The fourth-order valence-corrected chi connectivity index (χ4v) is 3.66. The fourth-order valence-electron chi connectivity index (χ4n) is 2.19. The Labute approximate surface area is 126 Å². The molecular weight excluding hydrogens is 294 g/mol. The van der Waals surface area contributed by atoms with Gasteiger partial charge in [0, 0.05) is 28.5 Å². The molecule has 1 unspecified atom stereocenters. The molecule has 1 aromatic carbocycles. The number of hydrogen-bond donors (Lipinski definition) is 1. The second-order valence-electron chi connectivity index (χ2n) is 4.55. The molecule has 1 N–H and O–H groups in total. The molecule has 0 saturated carbocycles. The smallest absolute Gasteiger partial charge is 0.305 e. The Hall–Kier alpha value is -1.14. The molecule has 0 spiro atoms. The van der Waals surface area contributed by atoms with E-state index in [2.05, 4.69) is 0 Å². The Morgan fingerprint density at radius 2 is 2.10 bits per heavy atom. The Kier molecular flexibility index (Phi) is 5.37. The van der Waals surface area contributed by atoms with E-state index >= 15 is 0 Å². The van der Waals surface area contributed by atoms with E-state index in [-0.39, 0.29) is 18.4 Å². The van der Waals surface area contributed by atoms with E-state index in [4.69, 9.17) is 5.11 Å². The van der Waals surface area contributed by atoms with Crippen molar-refractivity contribution in [1.29, 1.82) is 0 Å². The van der Waals surface area contributed by atoms with Gasteiger partial charge >= 0.3 is 5.97 Å². The molecule has 1 fully saturated rings. The minimum absolute atomic E-state index is 0.0155. The summed E-state index contributed by atoms with van der Waals surface area (Å²) >= 11 is 3.33. The molecule has 0 bridgehead atoms. The largest absolute Gasteiger partial charge is 0.481 e. The van der Waals surface area contributed by atoms with Gasteiger partial charge in [-0.2, -0.15) is 11.8 Å². The van der Waals surface area contributed by atoms with Crippen LogP contribution in [0.3, 0.4) is 0 Å². The van der Waals surface area contributed by atoms with Gasteiger partial charge in [0.25, 0.3) is 5.91 Å². The predicted molar refractivity (Wildman–Crippen MR) is 82.6 cm³/mol. The van der Waals surface area contributed by atoms with Crippen molar-refractivity contribution in [3.05, 3.63) is 29.8 Å². The molecule has 1 saturated heterocycles. The van der Waals surface area contributed by atoms with Crippen LogP contribution >= 0.6 is 23.5 Å². The van der Waals surface area contributed by atoms with Gasteiger partial charge in [-0.15, -0.1) is 11.8 Å². The molecule has 4 nitrogen and oxygen atoms in total. The van der Waals surface area contributed by atoms with Crippen LogP contribution in [0.1, 0.15) is 16.8 Å². The standard InChI is InChI=1S/C14H17NO3S2/c1-19-12-4-2-10(3-5-12)14(18)15-6-7-20-9-11(15)8-13(16)17/h2-5,11H,6-9H2,1H3,(H,16,17). The third kappa shape index (κ3) is 3.70. The molecule has 20 heavy (non-hydrogen) atoms. The van der Waals surface area contributed by atoms with E-state index in [9.17, 15) is 9.59 Å². The lowest BCUT2D eigenvalue weighted by atomic mass is 10.1. The molecular formula is C14H17NO3S2. The molecule has 1 atom stereocenters. The SMILES string of the molecule is CSc1ccc(C(=O)N2CCSCC2CC(=O)O)cc1. The third-order valence-corrected chi connectivity index (χ3v) is 5.07. The summed E-state index contributed by atoms with van der Waals surface area (Å²) < 4.78 is 0. The highest BCUT2D eigenvalue weighted by Gasteiger charge is 2.29. The second-order valence-corrected chi connectivity index (χ2v) is 6.58. The number of hydrogen-bond acceptors (Lipinski definition) is 4. The molecule has 0 aliphatic carbocycles. The first kappa shape index (κ1) is 15.3. The highest BCUT2D eigenvalue weighted by molar-refractivity contribution is 7.99. The van der Waals surface area contributed by atoms with Gasteiger partial charge in [-0.3, -0.25) is 9.59 Å². The number of carbonyl (C=O) groups excluding carboxylic acids is 1. The summed E-state index contributed by atoms with van der Waals surface area (Å²) in [5.74, 6) is 0.642. The second kappa shape index (κ2) is 7.04. The van der Waals surface area contributed by atoms with Crippen LogP contribution in [-0.2, 0) is 4.79 Å². The van der Waals surface area contributed by atoms with E-state index in [0.717, 1.165) is 10.6 Å². The summed E-state index contributed by atoms with van der Waals surface area (Å²) in [5, 5.41) is 8.95. The van der Waals surface area contributed by atoms with Crippen molar-refractivity contribution in [1.82, 2.24) is 4.90 Å². The van der Waals surface area contributed by atoms with Crippen LogP contribution in [-0.4, -0.2) is 52.2 Å². The maximum Gasteiger partial charge on any atom is 0.305 e. The molecule has 1 heterocycles. The lowest BCUT2D eigenvalue weighted by Gasteiger charge is -2.34. The Morgan fingerprint density at radius 1 is 1.40 bits per heavy atom. The van der Waals surface area contributed by atoms with Gasteiger partial charge in [0.15, 0.2) is 0 Å². The van der Waals surface area contributed by atoms with Crippen molar-refractivity contribution >= 4 is 35.4 Å². The zero-order chi connectivity index (χ0) is 14.5. The molecule has 1 aliphatic rings. The van der Waals surface area contributed by atoms with Gasteiger partial charge in [-0.05, 0) is 30.5 Å². The average molecular weight is 311 g/mol. The van der Waals surface area contributed by atoms with Crippen LogP contribution in [0.25, 0.3) is 0 Å². The monoisotopic (exact) mass is 311 g/mol. The van der Waals surface area contributed by atoms with E-state index in [1.54, 1.807) is 28.4 Å². The van der Waals surface area contributed by atoms with Gasteiger partial charge < -0.3 is 10.0 Å². The topological polar surface area (TPSA) is 57.6 Å². The third-order valence-electron chi connectivity index (χ3n) is 3.24. The molecule has 0 aromatic heterocycles. The van der Waals surface area contributed by atoms with Gasteiger partial charge in [0.05, 0.1) is 12.5 Å². The molecule has 6 heteroatoms. The Bertz CT molecular complexity index is 490. The van der Waals surface area contributed by atoms with Gasteiger partial charge in [0.2, 0.25) is 0 Å². The normalized spacial score (nSPS) is 18.9. The zero-order valence-electron chi connectivity index (χ0n) is 11.2. The van der Waals surface area contributed by atoms with Gasteiger partial charge in [0.1, 0.15) is 0 Å². The van der Waals surface area contributed by atoms with Crippen LogP contribution < -0.4 is 0 Å². The number of aliphatic carboxylic acids is 1. The first-order chi connectivity index (χ1) is 9.61. The predicted octanol–water partition coefficient (Wildman–Crippen LogP) is 2.44. The molecule has 0 radical (unpaired) electrons. The maximum atomic E-state index is 12.5. The van der Waals surface area contributed by atoms with Crippen LogP contribution in [0.2, 0.25) is 0 Å². The molecule has 1 aromatic rings. The molecule has 1 aliphatic heterocycles. The summed E-state index contributed by atoms with van der Waals surface area (Å²) in [4.78, 5) is 26.2. The number of carboxylic acid groups (broad SMARTS) is 1. The number of rotatable bonds is 4. The van der Waals surface area contributed by atoms with E-state index in [0.29, 0.717) is 17.9 Å². The summed E-state index contributed by atoms with van der Waals surface area (Å²) in [6.07, 6.45) is 2.00. The van der Waals surface area contributed by atoms with Crippen molar-refractivity contribution in [2.45, 2.75) is 17.4 Å². The first-order valence-corrected chi connectivity index (χ1v) is 8.74.